The van der Waals surface area contributed by atoms with Crippen LogP contribution < -0.4 is 0 Å². The van der Waals surface area contributed by atoms with E-state index in [1.807, 2.05) is 0 Å². The normalized spacial score (nSPS) is 11.6. The third kappa shape index (κ3) is 22.2. The summed E-state index contributed by atoms with van der Waals surface area (Å²) in [7, 11) is 0. The van der Waals surface area contributed by atoms with Gasteiger partial charge in [0.05, 0.1) is 6.61 Å². The summed E-state index contributed by atoms with van der Waals surface area (Å²) in [5.41, 5.74) is 0. The Labute approximate surface area is 179 Å². The largest absolute Gasteiger partial charge is 0.299 e. The molecule has 2 heteroatoms. The lowest BCUT2D eigenvalue weighted by atomic mass is 10.1. The minimum Gasteiger partial charge on any atom is -0.299 e. The van der Waals surface area contributed by atoms with Crippen LogP contribution in [0.15, 0.2) is 0 Å². The van der Waals surface area contributed by atoms with Crippen LogP contribution in [0.4, 0.5) is 0 Å². The third-order valence-corrected chi connectivity index (χ3v) is 5.79. The first-order valence-electron chi connectivity index (χ1n) is 13.2. The summed E-state index contributed by atoms with van der Waals surface area (Å²) in [6.07, 6.45) is 27.5. The van der Waals surface area contributed by atoms with Crippen molar-refractivity contribution >= 4 is 0 Å². The number of hydrogen-bond acceptors (Lipinski definition) is 2. The van der Waals surface area contributed by atoms with Gasteiger partial charge < -0.3 is 0 Å². The van der Waals surface area contributed by atoms with Crippen molar-refractivity contribution in [2.24, 2.45) is 0 Å². The van der Waals surface area contributed by atoms with Gasteiger partial charge in [-0.2, -0.15) is 5.06 Å². The summed E-state index contributed by atoms with van der Waals surface area (Å²) in [5, 5.41) is 2.31. The Balaban J connectivity index is 3.75. The lowest BCUT2D eigenvalue weighted by Gasteiger charge is -2.22. The van der Waals surface area contributed by atoms with Gasteiger partial charge >= 0.3 is 0 Å². The molecule has 0 aromatic rings. The summed E-state index contributed by atoms with van der Waals surface area (Å²) in [6, 6.07) is 0. The zero-order chi connectivity index (χ0) is 20.5. The molecule has 0 amide bonds. The van der Waals surface area contributed by atoms with E-state index in [2.05, 4.69) is 25.8 Å². The van der Waals surface area contributed by atoms with Gasteiger partial charge in [-0.3, -0.25) is 4.84 Å². The number of hydroxylamine groups is 2. The Hall–Kier alpha value is -0.0800. The predicted molar refractivity (Wildman–Crippen MR) is 127 cm³/mol. The molecule has 0 aromatic heterocycles. The highest BCUT2D eigenvalue weighted by molar-refractivity contribution is 4.53. The zero-order valence-electron chi connectivity index (χ0n) is 20.1. The maximum absolute atomic E-state index is 6.14. The van der Waals surface area contributed by atoms with E-state index in [1.54, 1.807) is 0 Å². The molecule has 0 aromatic carbocycles. The molecule has 0 rings (SSSR count). The Morgan fingerprint density at radius 3 is 1.11 bits per heavy atom. The van der Waals surface area contributed by atoms with Crippen LogP contribution >= 0.6 is 0 Å². The molecule has 0 aliphatic carbocycles. The van der Waals surface area contributed by atoms with Crippen LogP contribution in [0.5, 0.6) is 0 Å². The lowest BCUT2D eigenvalue weighted by Crippen LogP contribution is -2.27. The van der Waals surface area contributed by atoms with Crippen molar-refractivity contribution in [3.05, 3.63) is 0 Å². The number of hydrogen-bond donors (Lipinski definition) is 0. The molecule has 0 atom stereocenters. The van der Waals surface area contributed by atoms with E-state index in [0.29, 0.717) is 0 Å². The van der Waals surface area contributed by atoms with E-state index in [1.165, 1.54) is 128 Å². The summed E-state index contributed by atoms with van der Waals surface area (Å²) in [6.45, 7) is 10.1. The van der Waals surface area contributed by atoms with Gasteiger partial charge in [0.25, 0.3) is 0 Å². The summed E-state index contributed by atoms with van der Waals surface area (Å²) in [4.78, 5) is 6.14. The smallest absolute Gasteiger partial charge is 0.0685 e. The van der Waals surface area contributed by atoms with Crippen molar-refractivity contribution in [2.75, 3.05) is 19.7 Å². The molecule has 0 saturated carbocycles. The van der Waals surface area contributed by atoms with Crippen LogP contribution in [0, 0.1) is 0 Å². The molecule has 0 fully saturated rings. The van der Waals surface area contributed by atoms with E-state index in [-0.39, 0.29) is 0 Å². The second kappa shape index (κ2) is 25.0. The van der Waals surface area contributed by atoms with Crippen molar-refractivity contribution in [3.8, 4) is 0 Å². The Morgan fingerprint density at radius 1 is 0.393 bits per heavy atom. The lowest BCUT2D eigenvalue weighted by molar-refractivity contribution is -0.161. The van der Waals surface area contributed by atoms with Crippen LogP contribution in [-0.2, 0) is 4.84 Å². The van der Waals surface area contributed by atoms with Crippen molar-refractivity contribution in [3.63, 3.8) is 0 Å². The second-order valence-electron chi connectivity index (χ2n) is 8.77. The molecule has 0 heterocycles. The fraction of sp³-hybridized carbons (Fsp3) is 1.00. The predicted octanol–water partition coefficient (Wildman–Crippen LogP) is 9.08. The molecular weight excluding hydrogens is 342 g/mol. The fourth-order valence-corrected chi connectivity index (χ4v) is 3.81. The van der Waals surface area contributed by atoms with Crippen molar-refractivity contribution < 1.29 is 4.84 Å². The van der Waals surface area contributed by atoms with Gasteiger partial charge in [-0.05, 0) is 19.3 Å². The number of nitrogens with zero attached hydrogens (tertiary/aromatic N) is 1. The molecule has 0 radical (unpaired) electrons. The molecule has 170 valence electrons. The minimum absolute atomic E-state index is 0.925. The maximum Gasteiger partial charge on any atom is 0.0685 e. The Bertz CT molecular complexity index is 249. The molecule has 0 unspecified atom stereocenters. The third-order valence-electron chi connectivity index (χ3n) is 5.79. The van der Waals surface area contributed by atoms with Crippen molar-refractivity contribution in [1.29, 1.82) is 0 Å². The van der Waals surface area contributed by atoms with E-state index >= 15 is 0 Å². The molecule has 0 aliphatic rings. The number of rotatable bonds is 24. The highest BCUT2D eigenvalue weighted by Crippen LogP contribution is 2.12. The van der Waals surface area contributed by atoms with Gasteiger partial charge in [-0.1, -0.05) is 130 Å². The average molecular weight is 398 g/mol. The van der Waals surface area contributed by atoms with E-state index < -0.39 is 0 Å². The van der Waals surface area contributed by atoms with Crippen LogP contribution in [-0.4, -0.2) is 24.8 Å². The molecule has 0 spiro atoms. The van der Waals surface area contributed by atoms with E-state index in [4.69, 9.17) is 4.84 Å². The molecule has 0 aliphatic heterocycles. The standard InChI is InChI=1S/C26H55NO/c1-4-7-10-13-15-17-19-21-24-27(28-26-23-12-9-6-3)25-22-20-18-16-14-11-8-5-2/h4-26H2,1-3H3. The highest BCUT2D eigenvalue weighted by atomic mass is 16.7. The Kier molecular flexibility index (Phi) is 24.9. The van der Waals surface area contributed by atoms with Crippen LogP contribution in [0.3, 0.4) is 0 Å². The summed E-state index contributed by atoms with van der Waals surface area (Å²) >= 11 is 0. The topological polar surface area (TPSA) is 12.5 Å². The first-order chi connectivity index (χ1) is 13.8. The van der Waals surface area contributed by atoms with Gasteiger partial charge in [-0.15, -0.1) is 0 Å². The van der Waals surface area contributed by atoms with Gasteiger partial charge in [-0.25, -0.2) is 0 Å². The first kappa shape index (κ1) is 27.9. The second-order valence-corrected chi connectivity index (χ2v) is 8.77. The molecule has 2 nitrogen and oxygen atoms in total. The van der Waals surface area contributed by atoms with Crippen LogP contribution in [0.25, 0.3) is 0 Å². The monoisotopic (exact) mass is 397 g/mol. The molecule has 0 saturated heterocycles. The summed E-state index contributed by atoms with van der Waals surface area (Å²) < 4.78 is 0. The first-order valence-corrected chi connectivity index (χ1v) is 13.2. The zero-order valence-corrected chi connectivity index (χ0v) is 20.1. The van der Waals surface area contributed by atoms with Crippen LogP contribution in [0.1, 0.15) is 149 Å². The average Bonchev–Trinajstić information content (AvgIpc) is 2.71. The van der Waals surface area contributed by atoms with Gasteiger partial charge in [0.2, 0.25) is 0 Å². The molecular formula is C26H55NO. The fourth-order valence-electron chi connectivity index (χ4n) is 3.81. The van der Waals surface area contributed by atoms with Crippen molar-refractivity contribution in [1.82, 2.24) is 5.06 Å². The van der Waals surface area contributed by atoms with E-state index in [9.17, 15) is 0 Å². The number of unbranched alkanes of at least 4 members (excludes halogenated alkanes) is 17. The highest BCUT2D eigenvalue weighted by Gasteiger charge is 2.05. The van der Waals surface area contributed by atoms with E-state index in [0.717, 1.165) is 19.7 Å². The molecule has 0 bridgehead atoms. The molecule has 0 N–H and O–H groups in total. The van der Waals surface area contributed by atoms with Crippen molar-refractivity contribution in [2.45, 2.75) is 149 Å². The van der Waals surface area contributed by atoms with Gasteiger partial charge in [0.1, 0.15) is 0 Å². The van der Waals surface area contributed by atoms with Gasteiger partial charge in [0, 0.05) is 13.1 Å². The van der Waals surface area contributed by atoms with Crippen LogP contribution in [0.2, 0.25) is 0 Å². The maximum atomic E-state index is 6.14. The minimum atomic E-state index is 0.925. The SMILES string of the molecule is CCCCCCCCCCN(CCCCCCCCCC)OCCCCCC. The molecule has 28 heavy (non-hydrogen) atoms. The Morgan fingerprint density at radius 2 is 0.714 bits per heavy atom. The summed E-state index contributed by atoms with van der Waals surface area (Å²) in [5.74, 6) is 0. The van der Waals surface area contributed by atoms with Gasteiger partial charge in [0.15, 0.2) is 0 Å². The quantitative estimate of drug-likeness (QED) is 0.119.